The van der Waals surface area contributed by atoms with Gasteiger partial charge in [0.15, 0.2) is 5.15 Å². The Morgan fingerprint density at radius 2 is 2.40 bits per heavy atom. The fourth-order valence-corrected chi connectivity index (χ4v) is 2.74. The molecule has 3 nitrogen and oxygen atoms in total. The number of nitrogens with one attached hydrogen (secondary N) is 1. The van der Waals surface area contributed by atoms with Crippen LogP contribution in [-0.4, -0.2) is 23.1 Å². The van der Waals surface area contributed by atoms with Gasteiger partial charge < -0.3 is 9.88 Å². The molecule has 1 N–H and O–H groups in total. The van der Waals surface area contributed by atoms with Gasteiger partial charge in [-0.1, -0.05) is 18.5 Å². The summed E-state index contributed by atoms with van der Waals surface area (Å²) < 4.78 is 2.35. The van der Waals surface area contributed by atoms with Crippen molar-refractivity contribution < 1.29 is 0 Å². The van der Waals surface area contributed by atoms with E-state index in [4.69, 9.17) is 11.6 Å². The Labute approximate surface area is 95.8 Å². The minimum atomic E-state index is 0.536. The zero-order valence-electron chi connectivity index (χ0n) is 9.39. The topological polar surface area (TPSA) is 29.9 Å². The van der Waals surface area contributed by atoms with E-state index >= 15 is 0 Å². The summed E-state index contributed by atoms with van der Waals surface area (Å²) in [5.41, 5.74) is 1.24. The number of hydrogen-bond donors (Lipinski definition) is 1. The molecule has 0 aliphatic carbocycles. The molecule has 2 rings (SSSR count). The lowest BCUT2D eigenvalue weighted by Crippen LogP contribution is -2.28. The monoisotopic (exact) mass is 227 g/mol. The SMILES string of the molecule is CCc1nc(Cl)c2n1C(CNC)CCC2. The number of imidazole rings is 1. The molecular weight excluding hydrogens is 210 g/mol. The Kier molecular flexibility index (Phi) is 3.32. The first-order valence-electron chi connectivity index (χ1n) is 5.68. The molecule has 1 aromatic heterocycles. The molecule has 1 unspecified atom stereocenters. The number of fused-ring (bicyclic) bond motifs is 1. The van der Waals surface area contributed by atoms with Crippen molar-refractivity contribution in [3.8, 4) is 0 Å². The molecule has 0 saturated carbocycles. The summed E-state index contributed by atoms with van der Waals surface area (Å²) in [6, 6.07) is 0.536. The Morgan fingerprint density at radius 1 is 1.60 bits per heavy atom. The van der Waals surface area contributed by atoms with Crippen LogP contribution in [-0.2, 0) is 12.8 Å². The number of aryl methyl sites for hydroxylation is 1. The van der Waals surface area contributed by atoms with Crippen molar-refractivity contribution in [3.05, 3.63) is 16.7 Å². The summed E-state index contributed by atoms with van der Waals surface area (Å²) in [4.78, 5) is 4.44. The van der Waals surface area contributed by atoms with Crippen LogP contribution in [0.4, 0.5) is 0 Å². The maximum atomic E-state index is 6.15. The second-order valence-corrected chi connectivity index (χ2v) is 4.45. The number of halogens is 1. The maximum Gasteiger partial charge on any atom is 0.150 e. The molecule has 0 amide bonds. The molecule has 0 aromatic carbocycles. The van der Waals surface area contributed by atoms with Gasteiger partial charge >= 0.3 is 0 Å². The van der Waals surface area contributed by atoms with Gasteiger partial charge in [-0.3, -0.25) is 0 Å². The lowest BCUT2D eigenvalue weighted by Gasteiger charge is -2.27. The third-order valence-electron chi connectivity index (χ3n) is 3.11. The van der Waals surface area contributed by atoms with Crippen molar-refractivity contribution in [2.45, 2.75) is 38.6 Å². The second kappa shape index (κ2) is 4.54. The Bertz CT molecular complexity index is 346. The number of likely N-dealkylation sites (N-methyl/N-ethyl adjacent to an activating group) is 1. The summed E-state index contributed by atoms with van der Waals surface area (Å²) in [6.45, 7) is 3.14. The standard InChI is InChI=1S/C11H18ClN3/c1-3-10-14-11(12)9-6-4-5-8(7-13-2)15(9)10/h8,13H,3-7H2,1-2H3. The van der Waals surface area contributed by atoms with Crippen LogP contribution in [0.15, 0.2) is 0 Å². The summed E-state index contributed by atoms with van der Waals surface area (Å²) in [5.74, 6) is 1.13. The van der Waals surface area contributed by atoms with Gasteiger partial charge in [-0.25, -0.2) is 4.98 Å². The van der Waals surface area contributed by atoms with E-state index < -0.39 is 0 Å². The van der Waals surface area contributed by atoms with Gasteiger partial charge in [-0.2, -0.15) is 0 Å². The largest absolute Gasteiger partial charge is 0.326 e. The minimum absolute atomic E-state index is 0.536. The van der Waals surface area contributed by atoms with Crippen LogP contribution in [0.5, 0.6) is 0 Å². The fraction of sp³-hybridized carbons (Fsp3) is 0.727. The molecule has 1 atom stereocenters. The van der Waals surface area contributed by atoms with Crippen LogP contribution in [0.25, 0.3) is 0 Å². The lowest BCUT2D eigenvalue weighted by atomic mass is 10.0. The number of hydrogen-bond acceptors (Lipinski definition) is 2. The predicted octanol–water partition coefficient (Wildman–Crippen LogP) is 2.20. The van der Waals surface area contributed by atoms with Gasteiger partial charge in [0.2, 0.25) is 0 Å². The summed E-state index contributed by atoms with van der Waals surface area (Å²) in [7, 11) is 2.00. The van der Waals surface area contributed by atoms with E-state index in [2.05, 4.69) is 21.8 Å². The van der Waals surface area contributed by atoms with Crippen molar-refractivity contribution in [1.82, 2.24) is 14.9 Å². The van der Waals surface area contributed by atoms with Crippen LogP contribution in [0.2, 0.25) is 5.15 Å². The lowest BCUT2D eigenvalue weighted by molar-refractivity contribution is 0.380. The summed E-state index contributed by atoms with van der Waals surface area (Å²) >= 11 is 6.15. The van der Waals surface area contributed by atoms with Crippen molar-refractivity contribution in [3.63, 3.8) is 0 Å². The Balaban J connectivity index is 2.39. The van der Waals surface area contributed by atoms with E-state index in [0.29, 0.717) is 11.2 Å². The molecule has 2 heterocycles. The number of nitrogens with zero attached hydrogens (tertiary/aromatic N) is 2. The fourth-order valence-electron chi connectivity index (χ4n) is 2.45. The van der Waals surface area contributed by atoms with E-state index in [1.54, 1.807) is 0 Å². The van der Waals surface area contributed by atoms with E-state index in [-0.39, 0.29) is 0 Å². The van der Waals surface area contributed by atoms with Gasteiger partial charge in [0.1, 0.15) is 5.82 Å². The van der Waals surface area contributed by atoms with Crippen LogP contribution in [0, 0.1) is 0 Å². The van der Waals surface area contributed by atoms with E-state index in [1.807, 2.05) is 7.05 Å². The zero-order chi connectivity index (χ0) is 10.8. The average molecular weight is 228 g/mol. The van der Waals surface area contributed by atoms with Crippen molar-refractivity contribution in [1.29, 1.82) is 0 Å². The number of aromatic nitrogens is 2. The molecule has 4 heteroatoms. The Hall–Kier alpha value is -0.540. The van der Waals surface area contributed by atoms with Crippen LogP contribution in [0.3, 0.4) is 0 Å². The minimum Gasteiger partial charge on any atom is -0.326 e. The van der Waals surface area contributed by atoms with Gasteiger partial charge in [-0.15, -0.1) is 0 Å². The van der Waals surface area contributed by atoms with E-state index in [1.165, 1.54) is 18.5 Å². The van der Waals surface area contributed by atoms with Crippen LogP contribution >= 0.6 is 11.6 Å². The highest BCUT2D eigenvalue weighted by molar-refractivity contribution is 6.30. The number of rotatable bonds is 3. The van der Waals surface area contributed by atoms with Crippen molar-refractivity contribution in [2.24, 2.45) is 0 Å². The Morgan fingerprint density at radius 3 is 3.07 bits per heavy atom. The molecule has 0 bridgehead atoms. The van der Waals surface area contributed by atoms with Gasteiger partial charge in [-0.05, 0) is 26.3 Å². The van der Waals surface area contributed by atoms with Crippen LogP contribution < -0.4 is 5.32 Å². The molecule has 1 aliphatic heterocycles. The molecular formula is C11H18ClN3. The van der Waals surface area contributed by atoms with Crippen molar-refractivity contribution in [2.75, 3.05) is 13.6 Å². The first kappa shape index (κ1) is 11.0. The third-order valence-corrected chi connectivity index (χ3v) is 3.41. The highest BCUT2D eigenvalue weighted by Crippen LogP contribution is 2.30. The van der Waals surface area contributed by atoms with Gasteiger partial charge in [0.05, 0.1) is 5.69 Å². The normalized spacial score (nSPS) is 20.3. The molecule has 15 heavy (non-hydrogen) atoms. The quantitative estimate of drug-likeness (QED) is 0.858. The average Bonchev–Trinajstić information content (AvgIpc) is 2.58. The third kappa shape index (κ3) is 1.91. The molecule has 0 fully saturated rings. The van der Waals surface area contributed by atoms with Crippen LogP contribution in [0.1, 0.15) is 37.3 Å². The predicted molar refractivity (Wildman–Crippen MR) is 62.5 cm³/mol. The molecule has 84 valence electrons. The zero-order valence-corrected chi connectivity index (χ0v) is 10.1. The molecule has 1 aliphatic rings. The van der Waals surface area contributed by atoms with E-state index in [0.717, 1.165) is 25.2 Å². The first-order valence-corrected chi connectivity index (χ1v) is 6.05. The highest BCUT2D eigenvalue weighted by atomic mass is 35.5. The molecule has 1 aromatic rings. The van der Waals surface area contributed by atoms with Gasteiger partial charge in [0, 0.05) is 19.0 Å². The molecule has 0 radical (unpaired) electrons. The summed E-state index contributed by atoms with van der Waals surface area (Å²) in [5, 5.41) is 3.96. The second-order valence-electron chi connectivity index (χ2n) is 4.09. The van der Waals surface area contributed by atoms with Gasteiger partial charge in [0.25, 0.3) is 0 Å². The smallest absolute Gasteiger partial charge is 0.150 e. The van der Waals surface area contributed by atoms with E-state index in [9.17, 15) is 0 Å². The first-order chi connectivity index (χ1) is 7.27. The van der Waals surface area contributed by atoms with Crippen molar-refractivity contribution >= 4 is 11.6 Å². The molecule has 0 spiro atoms. The summed E-state index contributed by atoms with van der Waals surface area (Å²) in [6.07, 6.45) is 4.49. The highest BCUT2D eigenvalue weighted by Gasteiger charge is 2.24. The molecule has 0 saturated heterocycles. The maximum absolute atomic E-state index is 6.15.